The lowest BCUT2D eigenvalue weighted by atomic mass is 9.89. The standard InChI is InChI=1S/C20H24FNO2/c1-14-6-4-8-16(12-14)24-19-11-5-10-18(20(19)23)22-13-15-7-2-3-9-17(15)21/h2-4,6-9,12,18-20,22-23H,5,10-11,13H2,1H3/t18-,19+,20+/m0/s1. The van der Waals surface area contributed by atoms with Gasteiger partial charge in [0.15, 0.2) is 0 Å². The van der Waals surface area contributed by atoms with Crippen LogP contribution < -0.4 is 10.1 Å². The third kappa shape index (κ3) is 4.13. The lowest BCUT2D eigenvalue weighted by Gasteiger charge is -2.35. The first-order valence-electron chi connectivity index (χ1n) is 8.51. The highest BCUT2D eigenvalue weighted by atomic mass is 19.1. The Balaban J connectivity index is 1.60. The number of aliphatic hydroxyl groups is 1. The lowest BCUT2D eigenvalue weighted by Crippen LogP contribution is -2.51. The van der Waals surface area contributed by atoms with Gasteiger partial charge in [-0.3, -0.25) is 0 Å². The number of hydrogen-bond donors (Lipinski definition) is 2. The van der Waals surface area contributed by atoms with Crippen molar-refractivity contribution < 1.29 is 14.2 Å². The molecule has 1 saturated carbocycles. The van der Waals surface area contributed by atoms with Crippen LogP contribution in [0.3, 0.4) is 0 Å². The molecule has 1 aliphatic rings. The van der Waals surface area contributed by atoms with Crippen molar-refractivity contribution in [3.63, 3.8) is 0 Å². The van der Waals surface area contributed by atoms with E-state index in [1.807, 2.05) is 37.3 Å². The molecule has 3 rings (SSSR count). The Bertz CT molecular complexity index is 676. The van der Waals surface area contributed by atoms with Gasteiger partial charge in [-0.15, -0.1) is 0 Å². The van der Waals surface area contributed by atoms with Crippen LogP contribution in [0.25, 0.3) is 0 Å². The minimum atomic E-state index is -0.606. The van der Waals surface area contributed by atoms with E-state index in [9.17, 15) is 9.50 Å². The molecule has 0 radical (unpaired) electrons. The van der Waals surface area contributed by atoms with Gasteiger partial charge in [0.25, 0.3) is 0 Å². The summed E-state index contributed by atoms with van der Waals surface area (Å²) in [6, 6.07) is 14.5. The van der Waals surface area contributed by atoms with Gasteiger partial charge >= 0.3 is 0 Å². The summed E-state index contributed by atoms with van der Waals surface area (Å²) in [5.41, 5.74) is 1.75. The molecule has 2 aromatic rings. The third-order valence-corrected chi connectivity index (χ3v) is 4.59. The van der Waals surface area contributed by atoms with Gasteiger partial charge in [-0.2, -0.15) is 0 Å². The number of ether oxygens (including phenoxy) is 1. The van der Waals surface area contributed by atoms with Gasteiger partial charge in [0, 0.05) is 18.2 Å². The van der Waals surface area contributed by atoms with Gasteiger partial charge in [0.05, 0.1) is 0 Å². The first kappa shape index (κ1) is 16.9. The molecule has 0 aromatic heterocycles. The number of aryl methyl sites for hydroxylation is 1. The van der Waals surface area contributed by atoms with Crippen molar-refractivity contribution >= 4 is 0 Å². The smallest absolute Gasteiger partial charge is 0.127 e. The molecule has 2 aromatic carbocycles. The second kappa shape index (κ2) is 7.77. The number of nitrogens with one attached hydrogen (secondary N) is 1. The molecular formula is C20H24FNO2. The fraction of sp³-hybridized carbons (Fsp3) is 0.400. The Morgan fingerprint density at radius 3 is 2.79 bits per heavy atom. The van der Waals surface area contributed by atoms with E-state index in [0.717, 1.165) is 30.6 Å². The normalized spacial score (nSPS) is 23.9. The molecule has 4 heteroatoms. The molecule has 0 bridgehead atoms. The molecular weight excluding hydrogens is 305 g/mol. The molecule has 0 saturated heterocycles. The molecule has 0 spiro atoms. The van der Waals surface area contributed by atoms with E-state index >= 15 is 0 Å². The number of hydrogen-bond acceptors (Lipinski definition) is 3. The second-order valence-corrected chi connectivity index (χ2v) is 6.47. The Hall–Kier alpha value is -1.91. The maximum absolute atomic E-state index is 13.7. The largest absolute Gasteiger partial charge is 0.488 e. The minimum absolute atomic E-state index is 0.0897. The fourth-order valence-electron chi connectivity index (χ4n) is 3.24. The summed E-state index contributed by atoms with van der Waals surface area (Å²) >= 11 is 0. The van der Waals surface area contributed by atoms with Gasteiger partial charge in [-0.05, 0) is 49.9 Å². The van der Waals surface area contributed by atoms with Gasteiger partial charge in [-0.1, -0.05) is 30.3 Å². The number of rotatable bonds is 5. The first-order valence-corrected chi connectivity index (χ1v) is 8.51. The van der Waals surface area contributed by atoms with Crippen LogP contribution in [0.1, 0.15) is 30.4 Å². The van der Waals surface area contributed by atoms with Crippen molar-refractivity contribution in [3.05, 3.63) is 65.5 Å². The fourth-order valence-corrected chi connectivity index (χ4v) is 3.24. The Labute approximate surface area is 142 Å². The Morgan fingerprint density at radius 1 is 1.17 bits per heavy atom. The van der Waals surface area contributed by atoms with Crippen molar-refractivity contribution in [1.82, 2.24) is 5.32 Å². The molecule has 1 fully saturated rings. The highest BCUT2D eigenvalue weighted by Crippen LogP contribution is 2.25. The molecule has 1 aliphatic carbocycles. The summed E-state index contributed by atoms with van der Waals surface area (Å²) in [7, 11) is 0. The van der Waals surface area contributed by atoms with Crippen LogP contribution in [-0.4, -0.2) is 23.4 Å². The summed E-state index contributed by atoms with van der Waals surface area (Å²) in [6.07, 6.45) is 1.82. The summed E-state index contributed by atoms with van der Waals surface area (Å²) in [5, 5.41) is 13.9. The zero-order chi connectivity index (χ0) is 16.9. The molecule has 0 aliphatic heterocycles. The average molecular weight is 329 g/mol. The Morgan fingerprint density at radius 2 is 2.00 bits per heavy atom. The van der Waals surface area contributed by atoms with Gasteiger partial charge in [-0.25, -0.2) is 4.39 Å². The van der Waals surface area contributed by atoms with E-state index in [0.29, 0.717) is 12.1 Å². The summed E-state index contributed by atoms with van der Waals surface area (Å²) in [5.74, 6) is 0.566. The molecule has 0 unspecified atom stereocenters. The predicted octanol–water partition coefficient (Wildman–Crippen LogP) is 3.58. The predicted molar refractivity (Wildman–Crippen MR) is 92.5 cm³/mol. The van der Waals surface area contributed by atoms with E-state index < -0.39 is 6.10 Å². The van der Waals surface area contributed by atoms with Gasteiger partial charge in [0.1, 0.15) is 23.8 Å². The molecule has 3 nitrogen and oxygen atoms in total. The zero-order valence-electron chi connectivity index (χ0n) is 13.9. The topological polar surface area (TPSA) is 41.5 Å². The molecule has 0 amide bonds. The maximum Gasteiger partial charge on any atom is 0.127 e. The third-order valence-electron chi connectivity index (χ3n) is 4.59. The van der Waals surface area contributed by atoms with E-state index in [-0.39, 0.29) is 18.0 Å². The number of halogens is 1. The lowest BCUT2D eigenvalue weighted by molar-refractivity contribution is -0.0158. The van der Waals surface area contributed by atoms with Crippen LogP contribution in [0.15, 0.2) is 48.5 Å². The second-order valence-electron chi connectivity index (χ2n) is 6.47. The number of benzene rings is 2. The molecule has 3 atom stereocenters. The average Bonchev–Trinajstić information content (AvgIpc) is 2.57. The maximum atomic E-state index is 13.7. The first-order chi connectivity index (χ1) is 11.6. The SMILES string of the molecule is Cc1cccc(O[C@@H]2CCC[C@H](NCc3ccccc3F)[C@H]2O)c1. The minimum Gasteiger partial charge on any atom is -0.488 e. The van der Waals surface area contributed by atoms with Crippen LogP contribution in [0.4, 0.5) is 4.39 Å². The zero-order valence-corrected chi connectivity index (χ0v) is 13.9. The van der Waals surface area contributed by atoms with Crippen LogP contribution in [-0.2, 0) is 6.54 Å². The number of aliphatic hydroxyl groups excluding tert-OH is 1. The van der Waals surface area contributed by atoms with E-state index in [1.54, 1.807) is 12.1 Å². The van der Waals surface area contributed by atoms with Crippen LogP contribution in [0.2, 0.25) is 0 Å². The molecule has 2 N–H and O–H groups in total. The molecule has 128 valence electrons. The van der Waals surface area contributed by atoms with Crippen molar-refractivity contribution in [2.45, 2.75) is 51.0 Å². The van der Waals surface area contributed by atoms with Crippen LogP contribution >= 0.6 is 0 Å². The van der Waals surface area contributed by atoms with E-state index in [4.69, 9.17) is 4.74 Å². The Kier molecular flexibility index (Phi) is 5.48. The highest BCUT2D eigenvalue weighted by Gasteiger charge is 2.33. The van der Waals surface area contributed by atoms with E-state index in [2.05, 4.69) is 5.32 Å². The molecule has 0 heterocycles. The monoisotopic (exact) mass is 329 g/mol. The summed E-state index contributed by atoms with van der Waals surface area (Å²) in [6.45, 7) is 2.43. The quantitative estimate of drug-likeness (QED) is 0.881. The van der Waals surface area contributed by atoms with Crippen molar-refractivity contribution in [2.24, 2.45) is 0 Å². The van der Waals surface area contributed by atoms with Crippen LogP contribution in [0, 0.1) is 12.7 Å². The molecule has 24 heavy (non-hydrogen) atoms. The highest BCUT2D eigenvalue weighted by molar-refractivity contribution is 5.27. The van der Waals surface area contributed by atoms with E-state index in [1.165, 1.54) is 6.07 Å². The van der Waals surface area contributed by atoms with Gasteiger partial charge < -0.3 is 15.2 Å². The van der Waals surface area contributed by atoms with Crippen LogP contribution in [0.5, 0.6) is 5.75 Å². The summed E-state index contributed by atoms with van der Waals surface area (Å²) < 4.78 is 19.7. The van der Waals surface area contributed by atoms with Gasteiger partial charge in [0.2, 0.25) is 0 Å². The van der Waals surface area contributed by atoms with Crippen molar-refractivity contribution in [1.29, 1.82) is 0 Å². The summed E-state index contributed by atoms with van der Waals surface area (Å²) in [4.78, 5) is 0. The van der Waals surface area contributed by atoms with Crippen molar-refractivity contribution in [2.75, 3.05) is 0 Å². The van der Waals surface area contributed by atoms with Crippen molar-refractivity contribution in [3.8, 4) is 5.75 Å².